The smallest absolute Gasteiger partial charge is 0.146 e. The van der Waals surface area contributed by atoms with E-state index in [4.69, 9.17) is 0 Å². The maximum atomic E-state index is 11.4. The van der Waals surface area contributed by atoms with Crippen molar-refractivity contribution in [2.75, 3.05) is 0 Å². The number of hydrogen-bond acceptors (Lipinski definition) is 2. The largest absolute Gasteiger partial charge is 0.298 e. The Balaban J connectivity index is 2.45. The number of carbonyl (C=O) groups is 2. The summed E-state index contributed by atoms with van der Waals surface area (Å²) in [5, 5.41) is 0. The van der Waals surface area contributed by atoms with Crippen LogP contribution in [0.3, 0.4) is 0 Å². The summed E-state index contributed by atoms with van der Waals surface area (Å²) in [5.41, 5.74) is 3.76. The van der Waals surface area contributed by atoms with Crippen molar-refractivity contribution in [3.05, 3.63) is 71.8 Å². The molecule has 0 atom stereocenters. The lowest BCUT2D eigenvalue weighted by atomic mass is 10.0. The van der Waals surface area contributed by atoms with E-state index in [-0.39, 0.29) is 0 Å². The molecule has 1 rings (SSSR count). The number of rotatable bonds is 20. The van der Waals surface area contributed by atoms with E-state index in [0.29, 0.717) is 0 Å². The van der Waals surface area contributed by atoms with Crippen LogP contribution in [0.2, 0.25) is 0 Å². The molecule has 174 valence electrons. The van der Waals surface area contributed by atoms with Crippen LogP contribution in [-0.4, -0.2) is 12.6 Å². The molecule has 1 aromatic carbocycles. The topological polar surface area (TPSA) is 34.1 Å². The molecule has 0 unspecified atom stereocenters. The molecule has 0 spiro atoms. The summed E-state index contributed by atoms with van der Waals surface area (Å²) in [6.07, 6.45) is 25.5. The van der Waals surface area contributed by atoms with Crippen LogP contribution in [0, 0.1) is 0 Å². The number of hydrogen-bond donors (Lipinski definition) is 0. The van der Waals surface area contributed by atoms with Gasteiger partial charge in [-0.3, -0.25) is 9.59 Å². The molecule has 0 fully saturated rings. The Bertz CT molecular complexity index is 659. The van der Waals surface area contributed by atoms with Crippen LogP contribution in [0.4, 0.5) is 0 Å². The van der Waals surface area contributed by atoms with E-state index in [0.717, 1.165) is 86.2 Å². The van der Waals surface area contributed by atoms with Gasteiger partial charge in [-0.2, -0.15) is 0 Å². The highest BCUT2D eigenvalue weighted by Crippen LogP contribution is 2.17. The Morgan fingerprint density at radius 1 is 0.562 bits per heavy atom. The molecule has 0 aliphatic rings. The van der Waals surface area contributed by atoms with Gasteiger partial charge in [0.2, 0.25) is 0 Å². The van der Waals surface area contributed by atoms with Gasteiger partial charge in [0, 0.05) is 0 Å². The Labute approximate surface area is 196 Å². The molecule has 0 amide bonds. The Kier molecular flexibility index (Phi) is 16.6. The maximum Gasteiger partial charge on any atom is 0.146 e. The summed E-state index contributed by atoms with van der Waals surface area (Å²) in [6, 6.07) is 8.08. The fourth-order valence-electron chi connectivity index (χ4n) is 3.74. The first-order valence-electron chi connectivity index (χ1n) is 12.4. The number of unbranched alkanes of at least 4 members (excludes halogenated alkanes) is 10. The molecule has 0 aromatic heterocycles. The van der Waals surface area contributed by atoms with Gasteiger partial charge in [-0.25, -0.2) is 0 Å². The van der Waals surface area contributed by atoms with E-state index in [9.17, 15) is 9.59 Å². The molecule has 0 saturated carbocycles. The molecule has 0 N–H and O–H groups in total. The van der Waals surface area contributed by atoms with Gasteiger partial charge >= 0.3 is 0 Å². The van der Waals surface area contributed by atoms with Crippen molar-refractivity contribution < 1.29 is 9.59 Å². The van der Waals surface area contributed by atoms with Gasteiger partial charge in [0.15, 0.2) is 0 Å². The monoisotopic (exact) mass is 434 g/mol. The SMILES string of the molecule is C=CCCCCCCC/C(C=O)=C\c1ccc(/C=C(/C=O)CCCCCCCC=C)cc1. The summed E-state index contributed by atoms with van der Waals surface area (Å²) in [7, 11) is 0. The van der Waals surface area contributed by atoms with Crippen LogP contribution in [0.25, 0.3) is 12.2 Å². The summed E-state index contributed by atoms with van der Waals surface area (Å²) in [4.78, 5) is 22.9. The third kappa shape index (κ3) is 13.7. The molecule has 0 aliphatic heterocycles. The summed E-state index contributed by atoms with van der Waals surface area (Å²) in [6.45, 7) is 7.50. The second-order valence-electron chi connectivity index (χ2n) is 8.53. The first-order valence-corrected chi connectivity index (χ1v) is 12.4. The van der Waals surface area contributed by atoms with E-state index in [1.807, 2.05) is 48.6 Å². The van der Waals surface area contributed by atoms with Gasteiger partial charge in [0.25, 0.3) is 0 Å². The number of carbonyl (C=O) groups excluding carboxylic acids is 2. The normalized spacial score (nSPS) is 11.9. The third-order valence-electron chi connectivity index (χ3n) is 5.69. The zero-order valence-electron chi connectivity index (χ0n) is 19.9. The number of benzene rings is 1. The predicted molar refractivity (Wildman–Crippen MR) is 140 cm³/mol. The van der Waals surface area contributed by atoms with Crippen LogP contribution >= 0.6 is 0 Å². The van der Waals surface area contributed by atoms with Gasteiger partial charge in [-0.15, -0.1) is 13.2 Å². The average molecular weight is 435 g/mol. The fraction of sp³-hybridized carbons (Fsp3) is 0.467. The highest BCUT2D eigenvalue weighted by atomic mass is 16.1. The average Bonchev–Trinajstić information content (AvgIpc) is 2.82. The van der Waals surface area contributed by atoms with Gasteiger partial charge in [0.05, 0.1) is 0 Å². The lowest BCUT2D eigenvalue weighted by molar-refractivity contribution is -0.105. The summed E-state index contributed by atoms with van der Waals surface area (Å²) >= 11 is 0. The molecule has 2 heteroatoms. The zero-order valence-corrected chi connectivity index (χ0v) is 19.9. The minimum atomic E-state index is 0.829. The lowest BCUT2D eigenvalue weighted by Gasteiger charge is -2.04. The highest BCUT2D eigenvalue weighted by Gasteiger charge is 2.00. The first-order chi connectivity index (χ1) is 15.7. The Hall–Kier alpha value is -2.48. The Morgan fingerprint density at radius 3 is 1.25 bits per heavy atom. The molecule has 0 bridgehead atoms. The van der Waals surface area contributed by atoms with Crippen molar-refractivity contribution in [2.45, 2.75) is 89.9 Å². The second-order valence-corrected chi connectivity index (χ2v) is 8.53. The second kappa shape index (κ2) is 19.2. The van der Waals surface area contributed by atoms with Crippen LogP contribution in [0.1, 0.15) is 101 Å². The summed E-state index contributed by atoms with van der Waals surface area (Å²) < 4.78 is 0. The standard InChI is InChI=1S/C30H42O2/c1-3-5-7-9-11-13-15-17-29(25-31)23-27-19-21-28(22-20-27)24-30(26-32)18-16-14-12-10-8-6-4-2/h3-4,19-26H,1-2,5-18H2/b29-23+,30-24+. The van der Waals surface area contributed by atoms with Crippen molar-refractivity contribution in [1.29, 1.82) is 0 Å². The van der Waals surface area contributed by atoms with Gasteiger partial charge < -0.3 is 0 Å². The Morgan fingerprint density at radius 2 is 0.906 bits per heavy atom. The minimum Gasteiger partial charge on any atom is -0.298 e. The van der Waals surface area contributed by atoms with Crippen LogP contribution in [-0.2, 0) is 9.59 Å². The molecule has 0 aliphatic carbocycles. The molecule has 1 aromatic rings. The van der Waals surface area contributed by atoms with E-state index in [1.165, 1.54) is 38.5 Å². The molecular formula is C30H42O2. The van der Waals surface area contributed by atoms with Crippen molar-refractivity contribution in [3.8, 4) is 0 Å². The quantitative estimate of drug-likeness (QED) is 0.0890. The maximum absolute atomic E-state index is 11.4. The van der Waals surface area contributed by atoms with Crippen molar-refractivity contribution in [2.24, 2.45) is 0 Å². The summed E-state index contributed by atoms with van der Waals surface area (Å²) in [5.74, 6) is 0. The van der Waals surface area contributed by atoms with E-state index in [1.54, 1.807) is 0 Å². The number of allylic oxidation sites excluding steroid dienone is 4. The lowest BCUT2D eigenvalue weighted by Crippen LogP contribution is -1.89. The van der Waals surface area contributed by atoms with Gasteiger partial charge in [-0.05, 0) is 85.8 Å². The van der Waals surface area contributed by atoms with Crippen molar-refractivity contribution in [3.63, 3.8) is 0 Å². The fourth-order valence-corrected chi connectivity index (χ4v) is 3.74. The number of aldehydes is 2. The van der Waals surface area contributed by atoms with Gasteiger partial charge in [0.1, 0.15) is 12.6 Å². The van der Waals surface area contributed by atoms with E-state index in [2.05, 4.69) is 13.2 Å². The molecule has 2 nitrogen and oxygen atoms in total. The van der Waals surface area contributed by atoms with E-state index < -0.39 is 0 Å². The van der Waals surface area contributed by atoms with Crippen molar-refractivity contribution >= 4 is 24.7 Å². The third-order valence-corrected chi connectivity index (χ3v) is 5.69. The van der Waals surface area contributed by atoms with Crippen molar-refractivity contribution in [1.82, 2.24) is 0 Å². The predicted octanol–water partition coefficient (Wildman–Crippen LogP) is 8.68. The van der Waals surface area contributed by atoms with E-state index >= 15 is 0 Å². The molecule has 0 heterocycles. The van der Waals surface area contributed by atoms with Crippen LogP contribution in [0.15, 0.2) is 60.7 Å². The van der Waals surface area contributed by atoms with Crippen LogP contribution < -0.4 is 0 Å². The highest BCUT2D eigenvalue weighted by molar-refractivity contribution is 5.83. The zero-order chi connectivity index (χ0) is 23.3. The molecular weight excluding hydrogens is 392 g/mol. The van der Waals surface area contributed by atoms with Crippen LogP contribution in [0.5, 0.6) is 0 Å². The molecule has 0 saturated heterocycles. The molecule has 0 radical (unpaired) electrons. The molecule has 32 heavy (non-hydrogen) atoms. The minimum absolute atomic E-state index is 0.829. The van der Waals surface area contributed by atoms with Gasteiger partial charge in [-0.1, -0.05) is 74.9 Å². The first kappa shape index (κ1) is 27.6.